The lowest BCUT2D eigenvalue weighted by Crippen LogP contribution is -2.51. The van der Waals surface area contributed by atoms with Crippen LogP contribution in [0.3, 0.4) is 0 Å². The third-order valence-electron chi connectivity index (χ3n) is 5.10. The predicted octanol–water partition coefficient (Wildman–Crippen LogP) is 0.771. The van der Waals surface area contributed by atoms with Crippen LogP contribution in [0.5, 0.6) is 0 Å². The van der Waals surface area contributed by atoms with E-state index < -0.39 is 9.84 Å². The van der Waals surface area contributed by atoms with Crippen LogP contribution in [-0.4, -0.2) is 72.4 Å². The highest BCUT2D eigenvalue weighted by atomic mass is 32.2. The molecule has 3 rings (SSSR count). The van der Waals surface area contributed by atoms with Crippen molar-refractivity contribution in [2.45, 2.75) is 31.8 Å². The molecule has 2 fully saturated rings. The average molecular weight is 339 g/mol. The van der Waals surface area contributed by atoms with E-state index in [-0.39, 0.29) is 23.5 Å². The number of likely N-dealkylation sites (tertiary alicyclic amines) is 1. The van der Waals surface area contributed by atoms with Crippen LogP contribution in [-0.2, 0) is 14.6 Å². The second kappa shape index (κ2) is 6.65. The first-order chi connectivity index (χ1) is 11.0. The lowest BCUT2D eigenvalue weighted by Gasteiger charge is -2.40. The lowest BCUT2D eigenvalue weighted by atomic mass is 10.0. The second-order valence-electron chi connectivity index (χ2n) is 6.55. The molecular weight excluding hydrogens is 314 g/mol. The van der Waals surface area contributed by atoms with Crippen LogP contribution < -0.4 is 0 Å². The summed E-state index contributed by atoms with van der Waals surface area (Å²) < 4.78 is 25.0. The van der Waals surface area contributed by atoms with Gasteiger partial charge in [0.2, 0.25) is 5.91 Å². The van der Waals surface area contributed by atoms with Gasteiger partial charge in [-0.15, -0.1) is 0 Å². The smallest absolute Gasteiger partial charge is 0.245 e. The molecule has 0 aromatic carbocycles. The summed E-state index contributed by atoms with van der Waals surface area (Å²) in [6.45, 7) is 4.74. The molecule has 1 atom stereocenters. The molecule has 2 aliphatic heterocycles. The van der Waals surface area contributed by atoms with Gasteiger partial charge >= 0.3 is 0 Å². The number of aromatic nitrogens is 1. The standard InChI is InChI=1S/C16H25N3O3S/c1-14(17-6-2-3-7-17)16(20)19-8-4-15(5-9-19)18-10-12-23(21,22)13-11-18/h2-3,6-7,14-15H,4-5,8-13H2,1H3. The van der Waals surface area contributed by atoms with Gasteiger partial charge in [0.1, 0.15) is 6.04 Å². The fourth-order valence-electron chi connectivity index (χ4n) is 3.54. The van der Waals surface area contributed by atoms with Crippen LogP contribution in [0.4, 0.5) is 0 Å². The molecule has 0 saturated carbocycles. The molecule has 0 spiro atoms. The van der Waals surface area contributed by atoms with Crippen LogP contribution in [0.25, 0.3) is 0 Å². The number of rotatable bonds is 3. The van der Waals surface area contributed by atoms with E-state index in [2.05, 4.69) is 4.90 Å². The molecule has 128 valence electrons. The van der Waals surface area contributed by atoms with Crippen LogP contribution in [0, 0.1) is 0 Å². The number of nitrogens with zero attached hydrogens (tertiary/aromatic N) is 3. The first-order valence-electron chi connectivity index (χ1n) is 8.32. The maximum Gasteiger partial charge on any atom is 0.245 e. The Morgan fingerprint density at radius 1 is 1.04 bits per heavy atom. The van der Waals surface area contributed by atoms with Gasteiger partial charge in [0, 0.05) is 44.6 Å². The molecule has 6 nitrogen and oxygen atoms in total. The number of carbonyl (C=O) groups excluding carboxylic acids is 1. The molecule has 23 heavy (non-hydrogen) atoms. The Bertz CT molecular complexity index is 620. The largest absolute Gasteiger partial charge is 0.342 e. The highest BCUT2D eigenvalue weighted by molar-refractivity contribution is 7.91. The Balaban J connectivity index is 1.51. The summed E-state index contributed by atoms with van der Waals surface area (Å²) in [5, 5.41) is 0. The topological polar surface area (TPSA) is 62.6 Å². The Hall–Kier alpha value is -1.34. The van der Waals surface area contributed by atoms with E-state index in [0.717, 1.165) is 25.9 Å². The minimum Gasteiger partial charge on any atom is -0.342 e. The van der Waals surface area contributed by atoms with Crippen LogP contribution in [0.1, 0.15) is 25.8 Å². The molecular formula is C16H25N3O3S. The Morgan fingerprint density at radius 3 is 2.17 bits per heavy atom. The third kappa shape index (κ3) is 3.77. The maximum absolute atomic E-state index is 12.6. The van der Waals surface area contributed by atoms with Crippen LogP contribution >= 0.6 is 0 Å². The van der Waals surface area contributed by atoms with E-state index in [1.54, 1.807) is 0 Å². The Labute approximate surface area is 138 Å². The van der Waals surface area contributed by atoms with Gasteiger partial charge < -0.3 is 9.47 Å². The quantitative estimate of drug-likeness (QED) is 0.816. The van der Waals surface area contributed by atoms with Crippen molar-refractivity contribution in [1.29, 1.82) is 0 Å². The number of piperidine rings is 1. The van der Waals surface area contributed by atoms with Gasteiger partial charge in [0.15, 0.2) is 9.84 Å². The lowest BCUT2D eigenvalue weighted by molar-refractivity contribution is -0.135. The number of hydrogen-bond acceptors (Lipinski definition) is 4. The maximum atomic E-state index is 12.6. The summed E-state index contributed by atoms with van der Waals surface area (Å²) in [5.41, 5.74) is 0. The summed E-state index contributed by atoms with van der Waals surface area (Å²) in [5.74, 6) is 0.717. The fourth-order valence-corrected chi connectivity index (χ4v) is 4.77. The zero-order chi connectivity index (χ0) is 16.4. The summed E-state index contributed by atoms with van der Waals surface area (Å²) in [7, 11) is -2.82. The molecule has 1 unspecified atom stereocenters. The van der Waals surface area contributed by atoms with E-state index in [9.17, 15) is 13.2 Å². The molecule has 2 aliphatic rings. The second-order valence-corrected chi connectivity index (χ2v) is 8.85. The molecule has 2 saturated heterocycles. The summed E-state index contributed by atoms with van der Waals surface area (Å²) in [4.78, 5) is 16.8. The van der Waals surface area contributed by atoms with Crippen molar-refractivity contribution >= 4 is 15.7 Å². The number of amides is 1. The van der Waals surface area contributed by atoms with Crippen LogP contribution in [0.15, 0.2) is 24.5 Å². The molecule has 1 aromatic rings. The van der Waals surface area contributed by atoms with E-state index >= 15 is 0 Å². The van der Waals surface area contributed by atoms with Gasteiger partial charge in [-0.2, -0.15) is 0 Å². The van der Waals surface area contributed by atoms with Crippen molar-refractivity contribution in [3.8, 4) is 0 Å². The van der Waals surface area contributed by atoms with Gasteiger partial charge in [-0.05, 0) is 31.9 Å². The normalized spacial score (nSPS) is 24.5. The fraction of sp³-hybridized carbons (Fsp3) is 0.688. The highest BCUT2D eigenvalue weighted by Gasteiger charge is 2.32. The first kappa shape index (κ1) is 16.5. The van der Waals surface area contributed by atoms with Gasteiger partial charge in [0.05, 0.1) is 11.5 Å². The Morgan fingerprint density at radius 2 is 1.61 bits per heavy atom. The number of hydrogen-bond donors (Lipinski definition) is 0. The molecule has 0 radical (unpaired) electrons. The molecule has 0 aliphatic carbocycles. The van der Waals surface area contributed by atoms with Crippen molar-refractivity contribution in [2.75, 3.05) is 37.7 Å². The van der Waals surface area contributed by atoms with E-state index in [1.165, 1.54) is 0 Å². The van der Waals surface area contributed by atoms with Crippen LogP contribution in [0.2, 0.25) is 0 Å². The molecule has 1 amide bonds. The Kier molecular flexibility index (Phi) is 4.77. The summed E-state index contributed by atoms with van der Waals surface area (Å²) >= 11 is 0. The molecule has 1 aromatic heterocycles. The van der Waals surface area contributed by atoms with Crippen molar-refractivity contribution < 1.29 is 13.2 Å². The molecule has 3 heterocycles. The van der Waals surface area contributed by atoms with E-state index in [1.807, 2.05) is 40.9 Å². The minimum atomic E-state index is -2.82. The molecule has 0 bridgehead atoms. The SMILES string of the molecule is CC(C(=O)N1CCC(N2CCS(=O)(=O)CC2)CC1)n1cccc1. The predicted molar refractivity (Wildman–Crippen MR) is 89.0 cm³/mol. The van der Waals surface area contributed by atoms with Gasteiger partial charge in [-0.1, -0.05) is 0 Å². The van der Waals surface area contributed by atoms with Gasteiger partial charge in [0.25, 0.3) is 0 Å². The molecule has 7 heteroatoms. The summed E-state index contributed by atoms with van der Waals surface area (Å²) in [6.07, 6.45) is 5.71. The van der Waals surface area contributed by atoms with Gasteiger partial charge in [-0.25, -0.2) is 8.42 Å². The van der Waals surface area contributed by atoms with E-state index in [4.69, 9.17) is 0 Å². The van der Waals surface area contributed by atoms with E-state index in [0.29, 0.717) is 19.1 Å². The number of sulfone groups is 1. The summed E-state index contributed by atoms with van der Waals surface area (Å²) in [6, 6.07) is 4.11. The van der Waals surface area contributed by atoms with Crippen molar-refractivity contribution in [3.63, 3.8) is 0 Å². The van der Waals surface area contributed by atoms with Crippen molar-refractivity contribution in [3.05, 3.63) is 24.5 Å². The first-order valence-corrected chi connectivity index (χ1v) is 10.1. The molecule has 0 N–H and O–H groups in total. The minimum absolute atomic E-state index is 0.165. The zero-order valence-electron chi connectivity index (χ0n) is 13.6. The van der Waals surface area contributed by atoms with Gasteiger partial charge in [-0.3, -0.25) is 9.69 Å². The third-order valence-corrected chi connectivity index (χ3v) is 6.71. The monoisotopic (exact) mass is 339 g/mol. The zero-order valence-corrected chi connectivity index (χ0v) is 14.4. The average Bonchev–Trinajstić information content (AvgIpc) is 3.08. The number of carbonyl (C=O) groups is 1. The highest BCUT2D eigenvalue weighted by Crippen LogP contribution is 2.21. The van der Waals surface area contributed by atoms with Crippen molar-refractivity contribution in [2.24, 2.45) is 0 Å². The van der Waals surface area contributed by atoms with Crippen molar-refractivity contribution in [1.82, 2.24) is 14.4 Å².